The third kappa shape index (κ3) is 4.93. The highest BCUT2D eigenvalue weighted by Gasteiger charge is 2.31. The molecule has 0 aliphatic carbocycles. The molecule has 27 heavy (non-hydrogen) atoms. The molecule has 1 unspecified atom stereocenters. The molecular formula is C19H13F3O5-2. The molecule has 1 atom stereocenters. The number of hydrogen-bond acceptors (Lipinski definition) is 5. The minimum absolute atomic E-state index is 0.0978. The highest BCUT2D eigenvalue weighted by atomic mass is 19.4. The molecule has 8 heteroatoms. The second-order valence-corrected chi connectivity index (χ2v) is 5.84. The number of benzene rings is 2. The van der Waals surface area contributed by atoms with Crippen molar-refractivity contribution < 1.29 is 37.8 Å². The van der Waals surface area contributed by atoms with E-state index < -0.39 is 47.7 Å². The Morgan fingerprint density at radius 1 is 0.852 bits per heavy atom. The number of alkyl halides is 3. The quantitative estimate of drug-likeness (QED) is 0.532. The van der Waals surface area contributed by atoms with Gasteiger partial charge in [-0.3, -0.25) is 4.79 Å². The number of ketones is 1. The van der Waals surface area contributed by atoms with Crippen LogP contribution < -0.4 is 10.2 Å². The van der Waals surface area contributed by atoms with Gasteiger partial charge in [-0.25, -0.2) is 0 Å². The van der Waals surface area contributed by atoms with Crippen molar-refractivity contribution in [3.63, 3.8) is 0 Å². The van der Waals surface area contributed by atoms with Crippen LogP contribution in [0.2, 0.25) is 0 Å². The van der Waals surface area contributed by atoms with Crippen molar-refractivity contribution in [1.29, 1.82) is 0 Å². The molecule has 0 aromatic heterocycles. The van der Waals surface area contributed by atoms with E-state index in [1.807, 2.05) is 0 Å². The molecule has 0 amide bonds. The van der Waals surface area contributed by atoms with E-state index in [9.17, 15) is 37.8 Å². The van der Waals surface area contributed by atoms with Crippen LogP contribution in [-0.4, -0.2) is 17.7 Å². The Morgan fingerprint density at radius 2 is 1.37 bits per heavy atom. The summed E-state index contributed by atoms with van der Waals surface area (Å²) >= 11 is 0. The third-order valence-electron chi connectivity index (χ3n) is 4.08. The standard InChI is InChI=1S/C19H15F3O5/c20-19(21,22)13-8-6-12(7-9-13)15(23)10-14(11-4-2-1-3-5-11)16(17(24)25)18(26)27/h1-9,14,16H,10H2,(H,24,25)(H,26,27)/p-2. The van der Waals surface area contributed by atoms with Crippen LogP contribution in [0.15, 0.2) is 54.6 Å². The normalized spacial score (nSPS) is 12.6. The number of aliphatic carboxylic acids is 2. The minimum atomic E-state index is -4.57. The lowest BCUT2D eigenvalue weighted by Gasteiger charge is -2.28. The molecule has 0 saturated carbocycles. The fourth-order valence-electron chi connectivity index (χ4n) is 2.72. The lowest BCUT2D eigenvalue weighted by atomic mass is 9.81. The first kappa shape index (κ1) is 20.2. The number of hydrogen-bond donors (Lipinski definition) is 0. The number of carboxylic acid groups (broad SMARTS) is 2. The average Bonchev–Trinajstić information content (AvgIpc) is 2.60. The number of carbonyl (C=O) groups excluding carboxylic acids is 3. The molecule has 0 aliphatic rings. The Kier molecular flexibility index (Phi) is 5.99. The van der Waals surface area contributed by atoms with Crippen molar-refractivity contribution in [2.75, 3.05) is 0 Å². The maximum Gasteiger partial charge on any atom is 0.416 e. The summed E-state index contributed by atoms with van der Waals surface area (Å²) in [5.41, 5.74) is -0.781. The molecule has 2 aromatic carbocycles. The van der Waals surface area contributed by atoms with Crippen LogP contribution >= 0.6 is 0 Å². The molecule has 5 nitrogen and oxygen atoms in total. The smallest absolute Gasteiger partial charge is 0.416 e. The van der Waals surface area contributed by atoms with Gasteiger partial charge in [0.2, 0.25) is 0 Å². The summed E-state index contributed by atoms with van der Waals surface area (Å²) in [6.45, 7) is 0. The van der Waals surface area contributed by atoms with Crippen molar-refractivity contribution in [1.82, 2.24) is 0 Å². The predicted octanol–water partition coefficient (Wildman–Crippen LogP) is 1.18. The van der Waals surface area contributed by atoms with Gasteiger partial charge in [0.05, 0.1) is 17.5 Å². The molecule has 2 aromatic rings. The van der Waals surface area contributed by atoms with E-state index in [2.05, 4.69) is 0 Å². The number of rotatable bonds is 7. The molecule has 0 heterocycles. The number of carbonyl (C=O) groups is 3. The first-order chi connectivity index (χ1) is 12.6. The SMILES string of the molecule is O=C(CC(c1ccccc1)C(C(=O)[O-])C(=O)[O-])c1ccc(C(F)(F)F)cc1. The second kappa shape index (κ2) is 8.03. The molecule has 0 spiro atoms. The molecule has 0 N–H and O–H groups in total. The zero-order chi connectivity index (χ0) is 20.2. The van der Waals surface area contributed by atoms with Crippen LogP contribution in [-0.2, 0) is 15.8 Å². The van der Waals surface area contributed by atoms with E-state index in [1.54, 1.807) is 6.07 Å². The lowest BCUT2D eigenvalue weighted by Crippen LogP contribution is -2.46. The Balaban J connectivity index is 2.33. The van der Waals surface area contributed by atoms with Crippen molar-refractivity contribution in [3.8, 4) is 0 Å². The maximum atomic E-state index is 12.6. The van der Waals surface area contributed by atoms with Gasteiger partial charge < -0.3 is 19.8 Å². The fourth-order valence-corrected chi connectivity index (χ4v) is 2.72. The second-order valence-electron chi connectivity index (χ2n) is 5.84. The van der Waals surface area contributed by atoms with Gasteiger partial charge in [0.15, 0.2) is 5.78 Å². The van der Waals surface area contributed by atoms with Crippen LogP contribution in [0.1, 0.15) is 33.8 Å². The molecule has 142 valence electrons. The summed E-state index contributed by atoms with van der Waals surface area (Å²) in [4.78, 5) is 35.0. The molecule has 0 bridgehead atoms. The van der Waals surface area contributed by atoms with Gasteiger partial charge in [-0.2, -0.15) is 13.2 Å². The van der Waals surface area contributed by atoms with Crippen LogP contribution in [0.25, 0.3) is 0 Å². The van der Waals surface area contributed by atoms with Crippen LogP contribution in [0.4, 0.5) is 13.2 Å². The van der Waals surface area contributed by atoms with Gasteiger partial charge in [-0.1, -0.05) is 42.5 Å². The van der Waals surface area contributed by atoms with Crippen molar-refractivity contribution in [2.24, 2.45) is 5.92 Å². The van der Waals surface area contributed by atoms with E-state index in [4.69, 9.17) is 0 Å². The highest BCUT2D eigenvalue weighted by molar-refractivity contribution is 5.98. The van der Waals surface area contributed by atoms with E-state index in [0.717, 1.165) is 24.3 Å². The molecule has 0 fully saturated rings. The van der Waals surface area contributed by atoms with Gasteiger partial charge in [-0.15, -0.1) is 0 Å². The first-order valence-corrected chi connectivity index (χ1v) is 7.78. The largest absolute Gasteiger partial charge is 0.549 e. The van der Waals surface area contributed by atoms with Crippen LogP contribution in [0, 0.1) is 5.92 Å². The molecular weight excluding hydrogens is 365 g/mol. The zero-order valence-corrected chi connectivity index (χ0v) is 13.7. The summed E-state index contributed by atoms with van der Waals surface area (Å²) in [6, 6.07) is 10.9. The summed E-state index contributed by atoms with van der Waals surface area (Å²) in [5.74, 6) is -7.92. The first-order valence-electron chi connectivity index (χ1n) is 7.78. The summed E-state index contributed by atoms with van der Waals surface area (Å²) in [7, 11) is 0. The van der Waals surface area contributed by atoms with Gasteiger partial charge >= 0.3 is 6.18 Å². The predicted molar refractivity (Wildman–Crippen MR) is 83.1 cm³/mol. The zero-order valence-electron chi connectivity index (χ0n) is 13.7. The lowest BCUT2D eigenvalue weighted by molar-refractivity contribution is -0.332. The van der Waals surface area contributed by atoms with Crippen molar-refractivity contribution in [2.45, 2.75) is 18.5 Å². The summed E-state index contributed by atoms with van der Waals surface area (Å²) in [6.07, 6.45) is -5.12. The Morgan fingerprint density at radius 3 is 1.81 bits per heavy atom. The van der Waals surface area contributed by atoms with Gasteiger partial charge in [0.1, 0.15) is 0 Å². The maximum absolute atomic E-state index is 12.6. The average molecular weight is 378 g/mol. The Hall–Kier alpha value is -3.16. The Bertz CT molecular complexity index is 815. The molecule has 2 rings (SSSR count). The topological polar surface area (TPSA) is 97.3 Å². The summed E-state index contributed by atoms with van der Waals surface area (Å²) < 4.78 is 37.8. The molecule has 0 saturated heterocycles. The van der Waals surface area contributed by atoms with Gasteiger partial charge in [-0.05, 0) is 17.7 Å². The minimum Gasteiger partial charge on any atom is -0.549 e. The van der Waals surface area contributed by atoms with E-state index in [0.29, 0.717) is 0 Å². The van der Waals surface area contributed by atoms with Crippen LogP contribution in [0.5, 0.6) is 0 Å². The summed E-state index contributed by atoms with van der Waals surface area (Å²) in [5, 5.41) is 22.5. The van der Waals surface area contributed by atoms with Crippen LogP contribution in [0.3, 0.4) is 0 Å². The molecule has 0 radical (unpaired) electrons. The van der Waals surface area contributed by atoms with E-state index in [1.165, 1.54) is 24.3 Å². The molecule has 0 aliphatic heterocycles. The number of carboxylic acids is 2. The Labute approximate surface area is 152 Å². The van der Waals surface area contributed by atoms with Gasteiger partial charge in [0.25, 0.3) is 0 Å². The van der Waals surface area contributed by atoms with E-state index in [-0.39, 0.29) is 11.1 Å². The highest BCUT2D eigenvalue weighted by Crippen LogP contribution is 2.31. The third-order valence-corrected chi connectivity index (χ3v) is 4.08. The van der Waals surface area contributed by atoms with Gasteiger partial charge in [0, 0.05) is 23.8 Å². The van der Waals surface area contributed by atoms with Crippen molar-refractivity contribution in [3.05, 3.63) is 71.3 Å². The van der Waals surface area contributed by atoms with Crippen molar-refractivity contribution >= 4 is 17.7 Å². The monoisotopic (exact) mass is 378 g/mol. The van der Waals surface area contributed by atoms with E-state index >= 15 is 0 Å². The fraction of sp³-hybridized carbons (Fsp3) is 0.211. The number of Topliss-reactive ketones (excluding diaryl/α,β-unsaturated/α-hetero) is 1. The number of halogens is 3.